The molecular weight excluding hydrogens is 402 g/mol. The molecule has 0 saturated carbocycles. The summed E-state index contributed by atoms with van der Waals surface area (Å²) in [5.41, 5.74) is 4.21. The molecule has 0 spiro atoms. The first kappa shape index (κ1) is 19.0. The van der Waals surface area contributed by atoms with E-state index in [1.165, 1.54) is 6.33 Å². The molecule has 0 radical (unpaired) electrons. The number of halogens is 1. The molecule has 4 aromatic rings. The minimum atomic E-state index is -0.352. The van der Waals surface area contributed by atoms with Gasteiger partial charge in [0.25, 0.3) is 0 Å². The Morgan fingerprint density at radius 1 is 1.27 bits per heavy atom. The molecule has 4 heterocycles. The molecule has 1 aliphatic heterocycles. The van der Waals surface area contributed by atoms with Crippen molar-refractivity contribution >= 4 is 45.2 Å². The SMILES string of the molecule is CC(Nc1ncnc2[nH]cnc12)c1cc(Cl)c2cccnc2c1N1CCCC(O)C1. The molecule has 9 heteroatoms. The third-order valence-corrected chi connectivity index (χ3v) is 5.91. The van der Waals surface area contributed by atoms with Crippen LogP contribution >= 0.6 is 11.6 Å². The molecule has 1 fully saturated rings. The fourth-order valence-electron chi connectivity index (χ4n) is 4.18. The van der Waals surface area contributed by atoms with Gasteiger partial charge in [-0.25, -0.2) is 15.0 Å². The van der Waals surface area contributed by atoms with Gasteiger partial charge in [0.05, 0.1) is 34.7 Å². The van der Waals surface area contributed by atoms with Crippen LogP contribution in [0.5, 0.6) is 0 Å². The van der Waals surface area contributed by atoms with Crippen molar-refractivity contribution in [3.63, 3.8) is 0 Å². The fraction of sp³-hybridized carbons (Fsp3) is 0.333. The third kappa shape index (κ3) is 3.32. The molecule has 2 unspecified atom stereocenters. The highest BCUT2D eigenvalue weighted by molar-refractivity contribution is 6.36. The number of rotatable bonds is 4. The summed E-state index contributed by atoms with van der Waals surface area (Å²) < 4.78 is 0. The predicted octanol–water partition coefficient (Wildman–Crippen LogP) is 3.69. The first-order valence-electron chi connectivity index (χ1n) is 10.0. The Morgan fingerprint density at radius 3 is 3.03 bits per heavy atom. The number of aliphatic hydroxyl groups is 1. The molecule has 5 rings (SSSR count). The molecule has 0 aliphatic carbocycles. The van der Waals surface area contributed by atoms with E-state index in [4.69, 9.17) is 11.6 Å². The quantitative estimate of drug-likeness (QED) is 0.460. The van der Waals surface area contributed by atoms with Gasteiger partial charge in [0.15, 0.2) is 11.5 Å². The average Bonchev–Trinajstić information content (AvgIpc) is 3.23. The number of hydrogen-bond acceptors (Lipinski definition) is 7. The van der Waals surface area contributed by atoms with Gasteiger partial charge in [0, 0.05) is 30.2 Å². The third-order valence-electron chi connectivity index (χ3n) is 5.59. The standard InChI is InChI=1S/C21H22ClN7O/c1-12(28-21-18-20(25-10-24-18)26-11-27-21)15-8-16(22)14-5-2-6-23-17(14)19(15)29-7-3-4-13(30)9-29/h2,5-6,8,10-13,30H,3-4,7,9H2,1H3,(H2,24,25,26,27,28). The molecule has 0 bridgehead atoms. The Hall–Kier alpha value is -2.97. The normalized spacial score (nSPS) is 18.1. The summed E-state index contributed by atoms with van der Waals surface area (Å²) in [6.07, 6.45) is 6.28. The Morgan fingerprint density at radius 2 is 2.17 bits per heavy atom. The van der Waals surface area contributed by atoms with Crippen LogP contribution in [0.15, 0.2) is 37.1 Å². The summed E-state index contributed by atoms with van der Waals surface area (Å²) in [4.78, 5) is 22.8. The highest BCUT2D eigenvalue weighted by Gasteiger charge is 2.26. The molecule has 1 saturated heterocycles. The number of pyridine rings is 1. The highest BCUT2D eigenvalue weighted by Crippen LogP contribution is 2.39. The van der Waals surface area contributed by atoms with Crippen LogP contribution in [0.2, 0.25) is 5.02 Å². The molecule has 1 aliphatic rings. The lowest BCUT2D eigenvalue weighted by molar-refractivity contribution is 0.154. The number of H-pyrrole nitrogens is 1. The lowest BCUT2D eigenvalue weighted by Gasteiger charge is -2.35. The molecule has 3 N–H and O–H groups in total. The number of hydrogen-bond donors (Lipinski definition) is 3. The monoisotopic (exact) mass is 423 g/mol. The number of piperidine rings is 1. The second kappa shape index (κ2) is 7.70. The minimum absolute atomic E-state index is 0.127. The first-order valence-corrected chi connectivity index (χ1v) is 10.4. The maximum Gasteiger partial charge on any atom is 0.162 e. The van der Waals surface area contributed by atoms with Gasteiger partial charge in [-0.1, -0.05) is 11.6 Å². The number of β-amino-alcohol motifs (C(OH)–C–C–N with tert-alkyl or cyclic N) is 1. The van der Waals surface area contributed by atoms with Crippen LogP contribution in [-0.2, 0) is 0 Å². The Labute approximate surface area is 178 Å². The number of fused-ring (bicyclic) bond motifs is 2. The van der Waals surface area contributed by atoms with E-state index in [1.54, 1.807) is 12.5 Å². The molecule has 30 heavy (non-hydrogen) atoms. The van der Waals surface area contributed by atoms with Gasteiger partial charge in [-0.3, -0.25) is 4.98 Å². The first-order chi connectivity index (χ1) is 14.6. The summed E-state index contributed by atoms with van der Waals surface area (Å²) in [5.74, 6) is 0.649. The van der Waals surface area contributed by atoms with Gasteiger partial charge in [0.2, 0.25) is 0 Å². The maximum absolute atomic E-state index is 10.3. The Bertz CT molecular complexity index is 1210. The number of nitrogens with one attached hydrogen (secondary N) is 2. The summed E-state index contributed by atoms with van der Waals surface area (Å²) in [5, 5.41) is 15.3. The topological polar surface area (TPSA) is 103 Å². The van der Waals surface area contributed by atoms with Gasteiger partial charge >= 0.3 is 0 Å². The summed E-state index contributed by atoms with van der Waals surface area (Å²) >= 11 is 6.65. The summed E-state index contributed by atoms with van der Waals surface area (Å²) in [6.45, 7) is 3.50. The van der Waals surface area contributed by atoms with Gasteiger partial charge < -0.3 is 20.3 Å². The van der Waals surface area contributed by atoms with Crippen LogP contribution in [0.25, 0.3) is 22.1 Å². The van der Waals surface area contributed by atoms with E-state index in [1.807, 2.05) is 18.2 Å². The van der Waals surface area contributed by atoms with Crippen molar-refractivity contribution in [3.8, 4) is 0 Å². The zero-order valence-electron chi connectivity index (χ0n) is 16.5. The van der Waals surface area contributed by atoms with E-state index >= 15 is 0 Å². The van der Waals surface area contributed by atoms with Crippen LogP contribution in [0.1, 0.15) is 31.4 Å². The molecule has 154 valence electrons. The van der Waals surface area contributed by atoms with Crippen molar-refractivity contribution in [2.75, 3.05) is 23.3 Å². The number of aliphatic hydroxyl groups excluding tert-OH is 1. The van der Waals surface area contributed by atoms with Crippen LogP contribution in [-0.4, -0.2) is 49.2 Å². The molecular formula is C21H22ClN7O. The molecule has 3 aromatic heterocycles. The van der Waals surface area contributed by atoms with E-state index in [2.05, 4.69) is 42.1 Å². The van der Waals surface area contributed by atoms with Crippen molar-refractivity contribution in [2.24, 2.45) is 0 Å². The lowest BCUT2D eigenvalue weighted by atomic mass is 9.98. The van der Waals surface area contributed by atoms with E-state index < -0.39 is 0 Å². The van der Waals surface area contributed by atoms with Crippen molar-refractivity contribution in [1.82, 2.24) is 24.9 Å². The molecule has 1 aromatic carbocycles. The zero-order chi connectivity index (χ0) is 20.7. The molecule has 0 amide bonds. The largest absolute Gasteiger partial charge is 0.391 e. The van der Waals surface area contributed by atoms with Gasteiger partial charge in [-0.05, 0) is 38.0 Å². The van der Waals surface area contributed by atoms with Crippen LogP contribution in [0.4, 0.5) is 11.5 Å². The van der Waals surface area contributed by atoms with E-state index in [0.717, 1.165) is 41.5 Å². The number of imidazole rings is 1. The second-order valence-electron chi connectivity index (χ2n) is 7.63. The minimum Gasteiger partial charge on any atom is -0.391 e. The maximum atomic E-state index is 10.3. The zero-order valence-corrected chi connectivity index (χ0v) is 17.3. The number of nitrogens with zero attached hydrogens (tertiary/aromatic N) is 5. The average molecular weight is 424 g/mol. The number of anilines is 2. The van der Waals surface area contributed by atoms with Crippen LogP contribution < -0.4 is 10.2 Å². The fourth-order valence-corrected chi connectivity index (χ4v) is 4.45. The molecule has 8 nitrogen and oxygen atoms in total. The summed E-state index contributed by atoms with van der Waals surface area (Å²) in [7, 11) is 0. The van der Waals surface area contributed by atoms with Gasteiger partial charge in [-0.2, -0.15) is 0 Å². The van der Waals surface area contributed by atoms with Crippen LogP contribution in [0, 0.1) is 0 Å². The van der Waals surface area contributed by atoms with Crippen molar-refractivity contribution in [2.45, 2.75) is 31.9 Å². The lowest BCUT2D eigenvalue weighted by Crippen LogP contribution is -2.39. The number of benzene rings is 1. The Kier molecular flexibility index (Phi) is 4.88. The van der Waals surface area contributed by atoms with E-state index in [-0.39, 0.29) is 12.1 Å². The number of aromatic amines is 1. The second-order valence-corrected chi connectivity index (χ2v) is 8.03. The van der Waals surface area contributed by atoms with Gasteiger partial charge in [-0.15, -0.1) is 0 Å². The van der Waals surface area contributed by atoms with Crippen LogP contribution in [0.3, 0.4) is 0 Å². The van der Waals surface area contributed by atoms with Crippen molar-refractivity contribution in [1.29, 1.82) is 0 Å². The van der Waals surface area contributed by atoms with E-state index in [0.29, 0.717) is 28.5 Å². The van der Waals surface area contributed by atoms with E-state index in [9.17, 15) is 5.11 Å². The molecule has 2 atom stereocenters. The van der Waals surface area contributed by atoms with Crippen molar-refractivity contribution in [3.05, 3.63) is 47.6 Å². The number of aromatic nitrogens is 5. The van der Waals surface area contributed by atoms with Crippen molar-refractivity contribution < 1.29 is 5.11 Å². The summed E-state index contributed by atoms with van der Waals surface area (Å²) in [6, 6.07) is 5.73. The predicted molar refractivity (Wildman–Crippen MR) is 118 cm³/mol. The highest BCUT2D eigenvalue weighted by atomic mass is 35.5. The van der Waals surface area contributed by atoms with Gasteiger partial charge in [0.1, 0.15) is 11.8 Å². The smallest absolute Gasteiger partial charge is 0.162 e. The Balaban J connectivity index is 1.62.